The predicted octanol–water partition coefficient (Wildman–Crippen LogP) is 3.16. The minimum Gasteiger partial charge on any atom is -0.264 e. The second-order valence-corrected chi connectivity index (χ2v) is 7.54. The molecule has 0 bridgehead atoms. The quantitative estimate of drug-likeness (QED) is 0.762. The number of thiophene rings is 1. The number of pyridine rings is 1. The molecule has 0 saturated heterocycles. The third-order valence-corrected chi connectivity index (χ3v) is 5.56. The summed E-state index contributed by atoms with van der Waals surface area (Å²) in [6.45, 7) is 0.104. The molecule has 3 aromatic rings. The van der Waals surface area contributed by atoms with Crippen molar-refractivity contribution in [1.82, 2.24) is 9.71 Å². The summed E-state index contributed by atoms with van der Waals surface area (Å²) in [4.78, 5) is 4.15. The highest BCUT2D eigenvalue weighted by molar-refractivity contribution is 7.89. The van der Waals surface area contributed by atoms with Crippen molar-refractivity contribution in [3.8, 4) is 17.2 Å². The van der Waals surface area contributed by atoms with E-state index in [1.165, 1.54) is 12.1 Å². The van der Waals surface area contributed by atoms with Gasteiger partial charge in [0.05, 0.1) is 10.5 Å². The maximum absolute atomic E-state index is 12.4. The van der Waals surface area contributed by atoms with Gasteiger partial charge in [0.2, 0.25) is 10.0 Å². The molecule has 7 heteroatoms. The average Bonchev–Trinajstić information content (AvgIpc) is 3.15. The molecular formula is C17H13N3O2S2. The Morgan fingerprint density at radius 1 is 1.17 bits per heavy atom. The number of hydrogen-bond acceptors (Lipinski definition) is 5. The van der Waals surface area contributed by atoms with Gasteiger partial charge in [0, 0.05) is 24.5 Å². The Balaban J connectivity index is 1.81. The number of benzene rings is 1. The number of sulfonamides is 1. The lowest BCUT2D eigenvalue weighted by atomic mass is 10.1. The van der Waals surface area contributed by atoms with Crippen molar-refractivity contribution >= 4 is 21.4 Å². The zero-order valence-corrected chi connectivity index (χ0v) is 14.1. The van der Waals surface area contributed by atoms with E-state index in [9.17, 15) is 8.42 Å². The van der Waals surface area contributed by atoms with Crippen LogP contribution in [-0.2, 0) is 16.6 Å². The lowest BCUT2D eigenvalue weighted by molar-refractivity contribution is 0.581. The van der Waals surface area contributed by atoms with Crippen molar-refractivity contribution in [1.29, 1.82) is 5.26 Å². The van der Waals surface area contributed by atoms with E-state index >= 15 is 0 Å². The fourth-order valence-corrected chi connectivity index (χ4v) is 4.06. The number of hydrogen-bond donors (Lipinski definition) is 1. The molecule has 2 heterocycles. The van der Waals surface area contributed by atoms with Gasteiger partial charge in [0.15, 0.2) is 0 Å². The normalized spacial score (nSPS) is 11.1. The topological polar surface area (TPSA) is 82.8 Å². The van der Waals surface area contributed by atoms with Crippen LogP contribution in [0.5, 0.6) is 0 Å². The summed E-state index contributed by atoms with van der Waals surface area (Å²) in [6.07, 6.45) is 3.36. The first-order valence-electron chi connectivity index (χ1n) is 7.05. The Morgan fingerprint density at radius 2 is 2.00 bits per heavy atom. The van der Waals surface area contributed by atoms with Gasteiger partial charge >= 0.3 is 0 Å². The number of nitrogens with zero attached hydrogens (tertiary/aromatic N) is 2. The molecular weight excluding hydrogens is 342 g/mol. The number of rotatable bonds is 5. The average molecular weight is 355 g/mol. The molecule has 0 saturated carbocycles. The van der Waals surface area contributed by atoms with Crippen LogP contribution in [0.2, 0.25) is 0 Å². The SMILES string of the molecule is N#Cc1ccccc1S(=O)(=O)NCc1cncc(-c2ccsc2)c1. The minimum absolute atomic E-state index is 0.0190. The summed E-state index contributed by atoms with van der Waals surface area (Å²) < 4.78 is 27.4. The fraction of sp³-hybridized carbons (Fsp3) is 0.0588. The molecule has 0 unspecified atom stereocenters. The maximum atomic E-state index is 12.4. The molecule has 5 nitrogen and oxygen atoms in total. The molecule has 24 heavy (non-hydrogen) atoms. The van der Waals surface area contributed by atoms with Crippen molar-refractivity contribution in [3.05, 3.63) is 70.7 Å². The maximum Gasteiger partial charge on any atom is 0.242 e. The molecule has 1 N–H and O–H groups in total. The van der Waals surface area contributed by atoms with Crippen LogP contribution in [0.3, 0.4) is 0 Å². The molecule has 0 aliphatic heterocycles. The summed E-state index contributed by atoms with van der Waals surface area (Å²) in [5.41, 5.74) is 2.85. The van der Waals surface area contributed by atoms with E-state index in [4.69, 9.17) is 5.26 Å². The van der Waals surface area contributed by atoms with Gasteiger partial charge in [-0.15, -0.1) is 0 Å². The van der Waals surface area contributed by atoms with E-state index in [-0.39, 0.29) is 17.0 Å². The summed E-state index contributed by atoms with van der Waals surface area (Å²) >= 11 is 1.59. The van der Waals surface area contributed by atoms with E-state index < -0.39 is 10.0 Å². The van der Waals surface area contributed by atoms with Gasteiger partial charge in [0.1, 0.15) is 6.07 Å². The largest absolute Gasteiger partial charge is 0.264 e. The van der Waals surface area contributed by atoms with E-state index in [0.29, 0.717) is 0 Å². The third-order valence-electron chi connectivity index (χ3n) is 3.41. The van der Waals surface area contributed by atoms with Gasteiger partial charge in [-0.2, -0.15) is 16.6 Å². The van der Waals surface area contributed by atoms with Crippen LogP contribution in [0.15, 0.2) is 64.4 Å². The first-order valence-corrected chi connectivity index (χ1v) is 9.48. The second-order valence-electron chi connectivity index (χ2n) is 5.03. The molecule has 0 aliphatic carbocycles. The van der Waals surface area contributed by atoms with Gasteiger partial charge in [-0.1, -0.05) is 12.1 Å². The number of aromatic nitrogens is 1. The van der Waals surface area contributed by atoms with Gasteiger partial charge < -0.3 is 0 Å². The predicted molar refractivity (Wildman–Crippen MR) is 92.7 cm³/mol. The van der Waals surface area contributed by atoms with Crippen molar-refractivity contribution in [2.75, 3.05) is 0 Å². The third kappa shape index (κ3) is 3.51. The van der Waals surface area contributed by atoms with E-state index in [1.54, 1.807) is 35.9 Å². The van der Waals surface area contributed by atoms with Crippen molar-refractivity contribution in [3.63, 3.8) is 0 Å². The number of nitrogens with one attached hydrogen (secondary N) is 1. The zero-order chi connectivity index (χ0) is 17.0. The van der Waals surface area contributed by atoms with Crippen LogP contribution in [0.25, 0.3) is 11.1 Å². The van der Waals surface area contributed by atoms with E-state index in [0.717, 1.165) is 16.7 Å². The Hall–Kier alpha value is -2.53. The van der Waals surface area contributed by atoms with Gasteiger partial charge in [0.25, 0.3) is 0 Å². The van der Waals surface area contributed by atoms with Crippen LogP contribution in [-0.4, -0.2) is 13.4 Å². The van der Waals surface area contributed by atoms with Gasteiger partial charge in [-0.25, -0.2) is 13.1 Å². The molecule has 120 valence electrons. The summed E-state index contributed by atoms with van der Waals surface area (Å²) in [6, 6.07) is 11.9. The molecule has 0 spiro atoms. The minimum atomic E-state index is -3.77. The lowest BCUT2D eigenvalue weighted by Crippen LogP contribution is -2.24. The van der Waals surface area contributed by atoms with Crippen LogP contribution in [0, 0.1) is 11.3 Å². The Bertz CT molecular complexity index is 991. The molecule has 1 aromatic carbocycles. The van der Waals surface area contributed by atoms with Gasteiger partial charge in [-0.05, 0) is 46.2 Å². The van der Waals surface area contributed by atoms with Crippen LogP contribution in [0.1, 0.15) is 11.1 Å². The van der Waals surface area contributed by atoms with Crippen molar-refractivity contribution in [2.45, 2.75) is 11.4 Å². The Labute approximate surface area is 144 Å². The standard InChI is InChI=1S/C17H13N3O2S2/c18-8-14-3-1-2-4-17(14)24(21,22)20-10-13-7-16(11-19-9-13)15-5-6-23-12-15/h1-7,9,11-12,20H,10H2. The molecule has 0 fully saturated rings. The highest BCUT2D eigenvalue weighted by Crippen LogP contribution is 2.22. The van der Waals surface area contributed by atoms with E-state index in [1.807, 2.05) is 29.0 Å². The molecule has 0 aliphatic rings. The monoisotopic (exact) mass is 355 g/mol. The highest BCUT2D eigenvalue weighted by atomic mass is 32.2. The van der Waals surface area contributed by atoms with Crippen molar-refractivity contribution in [2.24, 2.45) is 0 Å². The Morgan fingerprint density at radius 3 is 2.75 bits per heavy atom. The molecule has 0 amide bonds. The molecule has 0 radical (unpaired) electrons. The fourth-order valence-electron chi connectivity index (χ4n) is 2.22. The van der Waals surface area contributed by atoms with Crippen LogP contribution >= 0.6 is 11.3 Å². The first kappa shape index (κ1) is 16.3. The summed E-state index contributed by atoms with van der Waals surface area (Å²) in [7, 11) is -3.77. The van der Waals surface area contributed by atoms with Crippen LogP contribution < -0.4 is 4.72 Å². The highest BCUT2D eigenvalue weighted by Gasteiger charge is 2.17. The summed E-state index contributed by atoms with van der Waals surface area (Å²) in [5, 5.41) is 13.0. The lowest BCUT2D eigenvalue weighted by Gasteiger charge is -2.08. The van der Waals surface area contributed by atoms with Crippen molar-refractivity contribution < 1.29 is 8.42 Å². The smallest absolute Gasteiger partial charge is 0.242 e. The second kappa shape index (κ2) is 6.93. The number of nitriles is 1. The molecule has 3 rings (SSSR count). The van der Waals surface area contributed by atoms with Crippen LogP contribution in [0.4, 0.5) is 0 Å². The molecule has 0 atom stereocenters. The van der Waals surface area contributed by atoms with E-state index in [2.05, 4.69) is 9.71 Å². The first-order chi connectivity index (χ1) is 11.6. The van der Waals surface area contributed by atoms with Gasteiger partial charge in [-0.3, -0.25) is 4.98 Å². The zero-order valence-electron chi connectivity index (χ0n) is 12.5. The Kier molecular flexibility index (Phi) is 4.71. The molecule has 2 aromatic heterocycles. The summed E-state index contributed by atoms with van der Waals surface area (Å²) in [5.74, 6) is 0.